The number of amides is 1. The number of hydrogen-bond donors (Lipinski definition) is 2. The molecule has 0 aliphatic rings. The maximum atomic E-state index is 13.3. The molecule has 1 aromatic carbocycles. The van der Waals surface area contributed by atoms with Gasteiger partial charge in [0.05, 0.1) is 5.56 Å². The normalized spacial score (nSPS) is 11.9. The molecule has 1 aromatic rings. The van der Waals surface area contributed by atoms with Crippen LogP contribution in [-0.4, -0.2) is 36.7 Å². The zero-order chi connectivity index (χ0) is 14.4. The summed E-state index contributed by atoms with van der Waals surface area (Å²) in [4.78, 5) is 22.6. The molecule has 104 valence electrons. The molecule has 1 atom stereocenters. The smallest absolute Gasteiger partial charge is 0.326 e. The van der Waals surface area contributed by atoms with Crippen LogP contribution in [0.1, 0.15) is 16.8 Å². The summed E-state index contributed by atoms with van der Waals surface area (Å²) in [6.45, 7) is 0.128. The minimum absolute atomic E-state index is 0.0421. The van der Waals surface area contributed by atoms with Gasteiger partial charge in [0.1, 0.15) is 17.7 Å². The molecule has 7 heteroatoms. The number of benzene rings is 1. The number of nitrogens with one attached hydrogen (secondary N) is 1. The Bertz CT molecular complexity index is 479. The third-order valence-corrected chi connectivity index (χ3v) is 2.39. The van der Waals surface area contributed by atoms with E-state index < -0.39 is 35.1 Å². The topological polar surface area (TPSA) is 75.6 Å². The Hall–Kier alpha value is -2.02. The first-order valence-corrected chi connectivity index (χ1v) is 5.43. The van der Waals surface area contributed by atoms with E-state index in [0.717, 1.165) is 12.1 Å². The van der Waals surface area contributed by atoms with Gasteiger partial charge in [0.2, 0.25) is 0 Å². The summed E-state index contributed by atoms with van der Waals surface area (Å²) >= 11 is 0. The molecule has 2 N–H and O–H groups in total. The van der Waals surface area contributed by atoms with Gasteiger partial charge in [-0.15, -0.1) is 0 Å². The number of ether oxygens (including phenoxy) is 1. The largest absolute Gasteiger partial charge is 0.480 e. The van der Waals surface area contributed by atoms with E-state index in [4.69, 9.17) is 9.84 Å². The van der Waals surface area contributed by atoms with Gasteiger partial charge in [-0.25, -0.2) is 13.6 Å². The fourth-order valence-corrected chi connectivity index (χ4v) is 1.40. The minimum atomic E-state index is -1.26. The van der Waals surface area contributed by atoms with Gasteiger partial charge in [0.25, 0.3) is 5.91 Å². The molecular weight excluding hydrogens is 260 g/mol. The number of aliphatic carboxylic acids is 1. The molecule has 5 nitrogen and oxygen atoms in total. The molecule has 0 saturated heterocycles. The first-order chi connectivity index (χ1) is 8.95. The van der Waals surface area contributed by atoms with Gasteiger partial charge in [0, 0.05) is 26.2 Å². The maximum Gasteiger partial charge on any atom is 0.326 e. The highest BCUT2D eigenvalue weighted by atomic mass is 19.1. The van der Waals surface area contributed by atoms with Crippen LogP contribution in [0.5, 0.6) is 0 Å². The fourth-order valence-electron chi connectivity index (χ4n) is 1.40. The van der Waals surface area contributed by atoms with E-state index >= 15 is 0 Å². The zero-order valence-corrected chi connectivity index (χ0v) is 10.2. The fraction of sp³-hybridized carbons (Fsp3) is 0.333. The van der Waals surface area contributed by atoms with Crippen LogP contribution in [0.3, 0.4) is 0 Å². The molecule has 1 rings (SSSR count). The van der Waals surface area contributed by atoms with Crippen molar-refractivity contribution in [1.82, 2.24) is 5.32 Å². The standard InChI is InChI=1S/C12H13F2NO4/c1-19-5-4-10(12(17)18)15-11(16)8-3-2-7(13)6-9(8)14/h2-3,6,10H,4-5H2,1H3,(H,15,16)(H,17,18). The summed E-state index contributed by atoms with van der Waals surface area (Å²) in [5, 5.41) is 11.0. The average Bonchev–Trinajstić information content (AvgIpc) is 2.33. The van der Waals surface area contributed by atoms with E-state index in [2.05, 4.69) is 5.32 Å². The molecular formula is C12H13F2NO4. The zero-order valence-electron chi connectivity index (χ0n) is 10.2. The summed E-state index contributed by atoms with van der Waals surface area (Å²) in [7, 11) is 1.39. The highest BCUT2D eigenvalue weighted by molar-refractivity contribution is 5.96. The van der Waals surface area contributed by atoms with Crippen LogP contribution in [0, 0.1) is 11.6 Å². The second kappa shape index (κ2) is 6.79. The van der Waals surface area contributed by atoms with E-state index in [1.165, 1.54) is 7.11 Å². The number of carbonyl (C=O) groups excluding carboxylic acids is 1. The van der Waals surface area contributed by atoms with Crippen LogP contribution in [0.2, 0.25) is 0 Å². The van der Waals surface area contributed by atoms with Gasteiger partial charge < -0.3 is 15.2 Å². The van der Waals surface area contributed by atoms with Gasteiger partial charge in [-0.05, 0) is 12.1 Å². The highest BCUT2D eigenvalue weighted by Gasteiger charge is 2.22. The van der Waals surface area contributed by atoms with E-state index in [1.807, 2.05) is 0 Å². The summed E-state index contributed by atoms with van der Waals surface area (Å²) in [5.74, 6) is -4.04. The van der Waals surface area contributed by atoms with Crippen molar-refractivity contribution >= 4 is 11.9 Å². The Morgan fingerprint density at radius 2 is 2.11 bits per heavy atom. The van der Waals surface area contributed by atoms with Crippen LogP contribution >= 0.6 is 0 Å². The van der Waals surface area contributed by atoms with Crippen molar-refractivity contribution in [3.05, 3.63) is 35.4 Å². The van der Waals surface area contributed by atoms with Crippen LogP contribution in [-0.2, 0) is 9.53 Å². The second-order valence-corrected chi connectivity index (χ2v) is 3.77. The molecule has 0 aromatic heterocycles. The number of carboxylic acid groups (broad SMARTS) is 1. The second-order valence-electron chi connectivity index (χ2n) is 3.77. The van der Waals surface area contributed by atoms with Crippen LogP contribution in [0.25, 0.3) is 0 Å². The van der Waals surface area contributed by atoms with Crippen molar-refractivity contribution in [3.8, 4) is 0 Å². The molecule has 1 unspecified atom stereocenters. The Balaban J connectivity index is 2.78. The Kier molecular flexibility index (Phi) is 5.37. The van der Waals surface area contributed by atoms with Crippen molar-refractivity contribution in [2.75, 3.05) is 13.7 Å². The summed E-state index contributed by atoms with van der Waals surface area (Å²) < 4.78 is 30.7. The van der Waals surface area contributed by atoms with Crippen molar-refractivity contribution in [2.24, 2.45) is 0 Å². The number of carbonyl (C=O) groups is 2. The monoisotopic (exact) mass is 273 g/mol. The first-order valence-electron chi connectivity index (χ1n) is 5.43. The predicted molar refractivity (Wildman–Crippen MR) is 61.7 cm³/mol. The average molecular weight is 273 g/mol. The molecule has 0 saturated carbocycles. The quantitative estimate of drug-likeness (QED) is 0.816. The minimum Gasteiger partial charge on any atom is -0.480 e. The van der Waals surface area contributed by atoms with E-state index in [9.17, 15) is 18.4 Å². The Labute approximate surface area is 108 Å². The van der Waals surface area contributed by atoms with Gasteiger partial charge in [-0.2, -0.15) is 0 Å². The predicted octanol–water partition coefficient (Wildman–Crippen LogP) is 1.18. The molecule has 0 aliphatic heterocycles. The van der Waals surface area contributed by atoms with Crippen molar-refractivity contribution < 1.29 is 28.2 Å². The number of rotatable bonds is 6. The lowest BCUT2D eigenvalue weighted by atomic mass is 10.1. The molecule has 0 fully saturated rings. The van der Waals surface area contributed by atoms with E-state index in [1.54, 1.807) is 0 Å². The van der Waals surface area contributed by atoms with Crippen LogP contribution in [0.4, 0.5) is 8.78 Å². The maximum absolute atomic E-state index is 13.3. The number of methoxy groups -OCH3 is 1. The van der Waals surface area contributed by atoms with Crippen molar-refractivity contribution in [3.63, 3.8) is 0 Å². The summed E-state index contributed by atoms with van der Waals surface area (Å²) in [6, 6.07) is 1.23. The molecule has 0 bridgehead atoms. The van der Waals surface area contributed by atoms with Gasteiger partial charge in [-0.1, -0.05) is 0 Å². The molecule has 0 radical (unpaired) electrons. The molecule has 0 aliphatic carbocycles. The lowest BCUT2D eigenvalue weighted by Crippen LogP contribution is -2.41. The van der Waals surface area contributed by atoms with Crippen LogP contribution < -0.4 is 5.32 Å². The lowest BCUT2D eigenvalue weighted by Gasteiger charge is -2.14. The van der Waals surface area contributed by atoms with Gasteiger partial charge in [0.15, 0.2) is 0 Å². The molecule has 19 heavy (non-hydrogen) atoms. The number of carboxylic acids is 1. The van der Waals surface area contributed by atoms with E-state index in [-0.39, 0.29) is 13.0 Å². The molecule has 0 spiro atoms. The number of hydrogen-bond acceptors (Lipinski definition) is 3. The lowest BCUT2D eigenvalue weighted by molar-refractivity contribution is -0.139. The Morgan fingerprint density at radius 1 is 1.42 bits per heavy atom. The highest BCUT2D eigenvalue weighted by Crippen LogP contribution is 2.10. The summed E-state index contributed by atoms with van der Waals surface area (Å²) in [6.07, 6.45) is 0.0421. The van der Waals surface area contributed by atoms with Crippen molar-refractivity contribution in [2.45, 2.75) is 12.5 Å². The van der Waals surface area contributed by atoms with Crippen molar-refractivity contribution in [1.29, 1.82) is 0 Å². The van der Waals surface area contributed by atoms with Crippen LogP contribution in [0.15, 0.2) is 18.2 Å². The Morgan fingerprint density at radius 3 is 2.63 bits per heavy atom. The molecule has 0 heterocycles. The molecule has 1 amide bonds. The SMILES string of the molecule is COCCC(NC(=O)c1ccc(F)cc1F)C(=O)O. The number of halogens is 2. The third kappa shape index (κ3) is 4.29. The van der Waals surface area contributed by atoms with E-state index in [0.29, 0.717) is 6.07 Å². The summed E-state index contributed by atoms with van der Waals surface area (Å²) in [5.41, 5.74) is -0.412. The van der Waals surface area contributed by atoms with Gasteiger partial charge >= 0.3 is 5.97 Å². The first kappa shape index (κ1) is 15.0. The third-order valence-electron chi connectivity index (χ3n) is 2.39. The van der Waals surface area contributed by atoms with Gasteiger partial charge in [-0.3, -0.25) is 4.79 Å².